The van der Waals surface area contributed by atoms with Crippen molar-refractivity contribution in [1.82, 2.24) is 20.1 Å². The molecule has 0 saturated carbocycles. The van der Waals surface area contributed by atoms with Crippen molar-refractivity contribution in [3.05, 3.63) is 41.4 Å². The number of oxazole rings is 1. The Balaban J connectivity index is 1.51. The number of amides is 4. The van der Waals surface area contributed by atoms with Crippen LogP contribution in [0.3, 0.4) is 0 Å². The molecule has 1 unspecified atom stereocenters. The van der Waals surface area contributed by atoms with Crippen molar-refractivity contribution in [1.29, 1.82) is 0 Å². The zero-order valence-corrected chi connectivity index (χ0v) is 15.4. The highest BCUT2D eigenvalue weighted by atomic mass is 16.3. The molecule has 1 aromatic heterocycles. The van der Waals surface area contributed by atoms with Gasteiger partial charge in [-0.1, -0.05) is 6.07 Å². The summed E-state index contributed by atoms with van der Waals surface area (Å²) in [5, 5.41) is 2.17. The Morgan fingerprint density at radius 2 is 2.07 bits per heavy atom. The second kappa shape index (κ2) is 6.59. The molecule has 1 aromatic carbocycles. The van der Waals surface area contributed by atoms with Gasteiger partial charge in [0.15, 0.2) is 11.5 Å². The molecule has 1 fully saturated rings. The van der Waals surface area contributed by atoms with E-state index < -0.39 is 29.7 Å². The van der Waals surface area contributed by atoms with E-state index in [4.69, 9.17) is 4.42 Å². The number of carbonyl (C=O) groups is 4. The van der Waals surface area contributed by atoms with E-state index in [2.05, 4.69) is 10.3 Å². The summed E-state index contributed by atoms with van der Waals surface area (Å²) in [6, 6.07) is 4.58. The van der Waals surface area contributed by atoms with Gasteiger partial charge in [-0.2, -0.15) is 0 Å². The van der Waals surface area contributed by atoms with Gasteiger partial charge in [-0.15, -0.1) is 0 Å². The molecule has 4 rings (SSSR count). The predicted molar refractivity (Wildman–Crippen MR) is 96.3 cm³/mol. The first kappa shape index (κ1) is 17.9. The topological polar surface area (TPSA) is 113 Å². The third-order valence-corrected chi connectivity index (χ3v) is 4.85. The van der Waals surface area contributed by atoms with Crippen LogP contribution >= 0.6 is 0 Å². The van der Waals surface area contributed by atoms with Gasteiger partial charge in [0, 0.05) is 33.0 Å². The minimum absolute atomic E-state index is 0.0925. The maximum Gasteiger partial charge on any atom is 0.277 e. The molecule has 0 bridgehead atoms. The highest BCUT2D eigenvalue weighted by molar-refractivity contribution is 6.18. The Morgan fingerprint density at radius 1 is 1.29 bits per heavy atom. The first-order valence-corrected chi connectivity index (χ1v) is 8.83. The average Bonchev–Trinajstić information content (AvgIpc) is 3.14. The third kappa shape index (κ3) is 3.04. The second-order valence-electron chi connectivity index (χ2n) is 6.90. The molecular weight excluding hydrogens is 364 g/mol. The number of fused-ring (bicyclic) bond motifs is 1. The van der Waals surface area contributed by atoms with Gasteiger partial charge in [-0.25, -0.2) is 4.98 Å². The fourth-order valence-corrected chi connectivity index (χ4v) is 3.51. The molecule has 0 spiro atoms. The molecule has 4 amide bonds. The molecule has 1 atom stereocenters. The lowest BCUT2D eigenvalue weighted by atomic mass is 10.0. The largest absolute Gasteiger partial charge is 0.441 e. The fourth-order valence-electron chi connectivity index (χ4n) is 3.51. The lowest BCUT2D eigenvalue weighted by Gasteiger charge is -2.29. The van der Waals surface area contributed by atoms with E-state index >= 15 is 0 Å². The van der Waals surface area contributed by atoms with Crippen molar-refractivity contribution in [2.24, 2.45) is 0 Å². The number of rotatable bonds is 4. The number of imide groups is 2. The average molecular weight is 382 g/mol. The van der Waals surface area contributed by atoms with Gasteiger partial charge in [0.2, 0.25) is 11.8 Å². The summed E-state index contributed by atoms with van der Waals surface area (Å²) >= 11 is 0. The van der Waals surface area contributed by atoms with E-state index in [1.54, 1.807) is 18.9 Å². The summed E-state index contributed by atoms with van der Waals surface area (Å²) < 4.78 is 5.53. The Labute approximate surface area is 160 Å². The molecule has 2 aromatic rings. The van der Waals surface area contributed by atoms with Crippen molar-refractivity contribution >= 4 is 34.7 Å². The number of aromatic nitrogens is 1. The van der Waals surface area contributed by atoms with Crippen LogP contribution in [0, 0.1) is 6.92 Å². The number of carbonyl (C=O) groups excluding carboxylic acids is 4. The lowest BCUT2D eigenvalue weighted by molar-refractivity contribution is -0.150. The number of benzene rings is 1. The van der Waals surface area contributed by atoms with Crippen LogP contribution in [0.15, 0.2) is 34.4 Å². The maximum atomic E-state index is 12.8. The monoisotopic (exact) mass is 382 g/mol. The van der Waals surface area contributed by atoms with E-state index in [-0.39, 0.29) is 18.5 Å². The minimum Gasteiger partial charge on any atom is -0.441 e. The molecule has 1 N–H and O–H groups in total. The number of nitrogens with one attached hydrogen (secondary N) is 1. The fraction of sp³-hybridized carbons (Fsp3) is 0.316. The highest BCUT2D eigenvalue weighted by Gasteiger charge is 2.43. The highest BCUT2D eigenvalue weighted by Crippen LogP contribution is 2.24. The molecule has 0 radical (unpaired) electrons. The van der Waals surface area contributed by atoms with Crippen LogP contribution < -0.4 is 5.32 Å². The molecule has 2 aliphatic heterocycles. The maximum absolute atomic E-state index is 12.8. The van der Waals surface area contributed by atoms with Crippen LogP contribution in [-0.2, 0) is 25.7 Å². The summed E-state index contributed by atoms with van der Waals surface area (Å²) in [5.74, 6) is -1.55. The van der Waals surface area contributed by atoms with E-state index in [0.29, 0.717) is 18.0 Å². The van der Waals surface area contributed by atoms with Crippen LogP contribution in [0.2, 0.25) is 0 Å². The molecule has 0 aliphatic carbocycles. The van der Waals surface area contributed by atoms with Gasteiger partial charge in [-0.3, -0.25) is 29.4 Å². The van der Waals surface area contributed by atoms with Crippen LogP contribution in [0.1, 0.15) is 24.3 Å². The normalized spacial score (nSPS) is 20.0. The first-order chi connectivity index (χ1) is 13.3. The zero-order valence-electron chi connectivity index (χ0n) is 15.4. The Morgan fingerprint density at radius 3 is 2.82 bits per heavy atom. The number of aryl methyl sites for hydroxylation is 1. The molecule has 1 saturated heterocycles. The van der Waals surface area contributed by atoms with Crippen molar-refractivity contribution in [2.75, 3.05) is 7.05 Å². The second-order valence-corrected chi connectivity index (χ2v) is 6.90. The van der Waals surface area contributed by atoms with E-state index in [1.165, 1.54) is 6.08 Å². The smallest absolute Gasteiger partial charge is 0.277 e. The van der Waals surface area contributed by atoms with Gasteiger partial charge in [-0.05, 0) is 24.1 Å². The van der Waals surface area contributed by atoms with Gasteiger partial charge < -0.3 is 9.32 Å². The first-order valence-electron chi connectivity index (χ1n) is 8.83. The van der Waals surface area contributed by atoms with Crippen molar-refractivity contribution < 1.29 is 23.6 Å². The number of nitrogens with zero attached hydrogens (tertiary/aromatic N) is 3. The van der Waals surface area contributed by atoms with Crippen LogP contribution in [0.25, 0.3) is 11.1 Å². The molecule has 3 heterocycles. The van der Waals surface area contributed by atoms with E-state index in [9.17, 15) is 19.2 Å². The van der Waals surface area contributed by atoms with E-state index in [0.717, 1.165) is 16.0 Å². The Kier molecular flexibility index (Phi) is 4.21. The molecule has 28 heavy (non-hydrogen) atoms. The molecule has 144 valence electrons. The summed E-state index contributed by atoms with van der Waals surface area (Å²) in [4.78, 5) is 55.3. The van der Waals surface area contributed by atoms with Gasteiger partial charge in [0.25, 0.3) is 11.8 Å². The van der Waals surface area contributed by atoms with Crippen LogP contribution in [0.4, 0.5) is 0 Å². The molecule has 2 aliphatic rings. The third-order valence-electron chi connectivity index (χ3n) is 4.85. The predicted octanol–water partition coefficient (Wildman–Crippen LogP) is 0.626. The summed E-state index contributed by atoms with van der Waals surface area (Å²) in [6.45, 7) is 2.13. The minimum atomic E-state index is -0.964. The number of likely N-dealkylation sites (N-methyl/N-ethyl adjacent to an activating group) is 1. The quantitative estimate of drug-likeness (QED) is 0.772. The lowest BCUT2D eigenvalue weighted by Crippen LogP contribution is -2.54. The Bertz CT molecular complexity index is 1050. The molecular formula is C19H18N4O5. The number of hydrogen-bond donors (Lipinski definition) is 1. The van der Waals surface area contributed by atoms with Gasteiger partial charge in [0.1, 0.15) is 17.3 Å². The summed E-state index contributed by atoms with van der Waals surface area (Å²) in [7, 11) is 1.70. The van der Waals surface area contributed by atoms with Crippen molar-refractivity contribution in [3.8, 4) is 0 Å². The number of piperidine rings is 1. The van der Waals surface area contributed by atoms with Crippen LogP contribution in [0.5, 0.6) is 0 Å². The van der Waals surface area contributed by atoms with Crippen molar-refractivity contribution in [3.63, 3.8) is 0 Å². The molecule has 9 heteroatoms. The standard InChI is InChI=1S/C19H18N4O5/c1-10-20-12-4-3-11(7-15(12)28-10)9-22(2)14-8-17(25)23(19(14)27)13-5-6-16(24)21-18(13)26/h3-4,7-8,13H,5-6,9H2,1-2H3,(H,21,24,26). The van der Waals surface area contributed by atoms with Crippen molar-refractivity contribution in [2.45, 2.75) is 32.4 Å². The summed E-state index contributed by atoms with van der Waals surface area (Å²) in [6.07, 6.45) is 1.45. The number of hydrogen-bond acceptors (Lipinski definition) is 7. The Hall–Kier alpha value is -3.49. The van der Waals surface area contributed by atoms with E-state index in [1.807, 2.05) is 18.2 Å². The zero-order chi connectivity index (χ0) is 20.0. The SMILES string of the molecule is Cc1nc2ccc(CN(C)C3=CC(=O)N(C4CCC(=O)NC4=O)C3=O)cc2o1. The van der Waals surface area contributed by atoms with Gasteiger partial charge in [0.05, 0.1) is 0 Å². The van der Waals surface area contributed by atoms with Crippen LogP contribution in [-0.4, -0.2) is 51.5 Å². The molecule has 9 nitrogen and oxygen atoms in total. The summed E-state index contributed by atoms with van der Waals surface area (Å²) in [5.41, 5.74) is 2.48. The van der Waals surface area contributed by atoms with Gasteiger partial charge >= 0.3 is 0 Å².